The second-order valence-electron chi connectivity index (χ2n) is 6.02. The molecule has 1 aliphatic rings. The van der Waals surface area contributed by atoms with Gasteiger partial charge >= 0.3 is 5.97 Å². The molecule has 1 saturated carbocycles. The number of hydrogen-bond donors (Lipinski definition) is 1. The van der Waals surface area contributed by atoms with Crippen molar-refractivity contribution >= 4 is 11.9 Å². The molecule has 1 fully saturated rings. The van der Waals surface area contributed by atoms with Crippen molar-refractivity contribution in [3.63, 3.8) is 0 Å². The predicted octanol–water partition coefficient (Wildman–Crippen LogP) is 2.72. The number of hydrogen-bond acceptors (Lipinski definition) is 2. The van der Waals surface area contributed by atoms with Crippen LogP contribution in [-0.4, -0.2) is 35.5 Å². The minimum Gasteiger partial charge on any atom is -0.481 e. The van der Waals surface area contributed by atoms with Gasteiger partial charge in [0.2, 0.25) is 5.91 Å². The van der Waals surface area contributed by atoms with Gasteiger partial charge in [-0.3, -0.25) is 9.59 Å². The molecule has 114 valence electrons. The molecule has 2 rings (SSSR count). The molecular formula is C17H23NO3. The summed E-state index contributed by atoms with van der Waals surface area (Å²) in [7, 11) is 1.76. The summed E-state index contributed by atoms with van der Waals surface area (Å²) in [5.74, 6) is -0.875. The summed E-state index contributed by atoms with van der Waals surface area (Å²) in [6, 6.07) is 10.0. The molecule has 21 heavy (non-hydrogen) atoms. The molecule has 0 unspecified atom stereocenters. The Kier molecular flexibility index (Phi) is 4.99. The Morgan fingerprint density at radius 3 is 2.38 bits per heavy atom. The third kappa shape index (κ3) is 3.84. The van der Waals surface area contributed by atoms with Crippen LogP contribution in [0.4, 0.5) is 0 Å². The maximum absolute atomic E-state index is 12.3. The zero-order valence-electron chi connectivity index (χ0n) is 12.5. The average molecular weight is 289 g/mol. The van der Waals surface area contributed by atoms with Crippen molar-refractivity contribution in [2.45, 2.75) is 38.5 Å². The van der Waals surface area contributed by atoms with E-state index in [4.69, 9.17) is 0 Å². The Morgan fingerprint density at radius 1 is 1.19 bits per heavy atom. The Balaban J connectivity index is 1.89. The molecule has 0 atom stereocenters. The fourth-order valence-electron chi connectivity index (χ4n) is 3.01. The summed E-state index contributed by atoms with van der Waals surface area (Å²) < 4.78 is 0. The van der Waals surface area contributed by atoms with Gasteiger partial charge in [0.25, 0.3) is 0 Å². The van der Waals surface area contributed by atoms with Crippen molar-refractivity contribution in [1.82, 2.24) is 4.90 Å². The number of benzene rings is 1. The monoisotopic (exact) mass is 289 g/mol. The highest BCUT2D eigenvalue weighted by molar-refractivity contribution is 5.85. The lowest BCUT2D eigenvalue weighted by Crippen LogP contribution is -2.37. The zero-order chi connectivity index (χ0) is 15.3. The minimum atomic E-state index is -0.821. The van der Waals surface area contributed by atoms with Crippen molar-refractivity contribution < 1.29 is 14.7 Å². The SMILES string of the molecule is CN(CCc1ccccc1)C(=O)CC1(C(=O)O)CCCC1. The molecule has 0 aliphatic heterocycles. The number of carboxylic acids is 1. The number of aliphatic carboxylic acids is 1. The highest BCUT2D eigenvalue weighted by atomic mass is 16.4. The van der Waals surface area contributed by atoms with E-state index in [2.05, 4.69) is 0 Å². The number of carboxylic acid groups (broad SMARTS) is 1. The van der Waals surface area contributed by atoms with Crippen LogP contribution in [0.15, 0.2) is 30.3 Å². The van der Waals surface area contributed by atoms with E-state index >= 15 is 0 Å². The number of amides is 1. The molecule has 0 heterocycles. The molecule has 1 aromatic rings. The van der Waals surface area contributed by atoms with Gasteiger partial charge in [0, 0.05) is 20.0 Å². The van der Waals surface area contributed by atoms with Crippen LogP contribution in [0, 0.1) is 5.41 Å². The third-order valence-electron chi connectivity index (χ3n) is 4.51. The number of likely N-dealkylation sites (N-methyl/N-ethyl adjacent to an activating group) is 1. The molecule has 0 aromatic heterocycles. The molecule has 0 bridgehead atoms. The van der Waals surface area contributed by atoms with E-state index in [-0.39, 0.29) is 12.3 Å². The van der Waals surface area contributed by atoms with Gasteiger partial charge in [-0.2, -0.15) is 0 Å². The first-order valence-electron chi connectivity index (χ1n) is 7.55. The van der Waals surface area contributed by atoms with Crippen LogP contribution in [0.5, 0.6) is 0 Å². The Bertz CT molecular complexity index is 492. The van der Waals surface area contributed by atoms with Crippen molar-refractivity contribution in [1.29, 1.82) is 0 Å². The lowest BCUT2D eigenvalue weighted by atomic mass is 9.82. The molecule has 0 saturated heterocycles. The van der Waals surface area contributed by atoms with Crippen LogP contribution in [-0.2, 0) is 16.0 Å². The summed E-state index contributed by atoms with van der Waals surface area (Å²) in [4.78, 5) is 25.4. The second-order valence-corrected chi connectivity index (χ2v) is 6.02. The van der Waals surface area contributed by atoms with E-state index in [1.54, 1.807) is 11.9 Å². The number of carbonyl (C=O) groups is 2. The van der Waals surface area contributed by atoms with E-state index < -0.39 is 11.4 Å². The standard InChI is InChI=1S/C17H23NO3/c1-18(12-9-14-7-3-2-4-8-14)15(19)13-17(16(20)21)10-5-6-11-17/h2-4,7-8H,5-6,9-13H2,1H3,(H,20,21). The third-order valence-corrected chi connectivity index (χ3v) is 4.51. The molecular weight excluding hydrogens is 266 g/mol. The highest BCUT2D eigenvalue weighted by Crippen LogP contribution is 2.41. The van der Waals surface area contributed by atoms with Crippen LogP contribution in [0.2, 0.25) is 0 Å². The van der Waals surface area contributed by atoms with Gasteiger partial charge in [0.1, 0.15) is 0 Å². The predicted molar refractivity (Wildman–Crippen MR) is 80.9 cm³/mol. The molecule has 1 aromatic carbocycles. The molecule has 0 spiro atoms. The van der Waals surface area contributed by atoms with Crippen molar-refractivity contribution in [2.75, 3.05) is 13.6 Å². The normalized spacial score (nSPS) is 16.6. The van der Waals surface area contributed by atoms with Crippen molar-refractivity contribution in [2.24, 2.45) is 5.41 Å². The fourth-order valence-corrected chi connectivity index (χ4v) is 3.01. The van der Waals surface area contributed by atoms with Gasteiger partial charge in [-0.1, -0.05) is 43.2 Å². The molecule has 1 N–H and O–H groups in total. The summed E-state index contributed by atoms with van der Waals surface area (Å²) >= 11 is 0. The van der Waals surface area contributed by atoms with Crippen LogP contribution < -0.4 is 0 Å². The first-order chi connectivity index (χ1) is 10.0. The van der Waals surface area contributed by atoms with Gasteiger partial charge in [0.15, 0.2) is 0 Å². The summed E-state index contributed by atoms with van der Waals surface area (Å²) in [5.41, 5.74) is 0.365. The maximum atomic E-state index is 12.3. The highest BCUT2D eigenvalue weighted by Gasteiger charge is 2.43. The second kappa shape index (κ2) is 6.74. The van der Waals surface area contributed by atoms with Crippen LogP contribution in [0.1, 0.15) is 37.7 Å². The van der Waals surface area contributed by atoms with Crippen molar-refractivity contribution in [3.8, 4) is 0 Å². The van der Waals surface area contributed by atoms with Crippen LogP contribution in [0.25, 0.3) is 0 Å². The Labute approximate surface area is 125 Å². The maximum Gasteiger partial charge on any atom is 0.310 e. The van der Waals surface area contributed by atoms with Gasteiger partial charge in [-0.15, -0.1) is 0 Å². The summed E-state index contributed by atoms with van der Waals surface area (Å²) in [5, 5.41) is 9.43. The number of carbonyl (C=O) groups excluding carboxylic acids is 1. The smallest absolute Gasteiger partial charge is 0.310 e. The molecule has 4 nitrogen and oxygen atoms in total. The van der Waals surface area contributed by atoms with E-state index in [0.29, 0.717) is 19.4 Å². The zero-order valence-corrected chi connectivity index (χ0v) is 12.5. The largest absolute Gasteiger partial charge is 0.481 e. The molecule has 0 radical (unpaired) electrons. The van der Waals surface area contributed by atoms with E-state index in [1.807, 2.05) is 30.3 Å². The van der Waals surface area contributed by atoms with Gasteiger partial charge < -0.3 is 10.0 Å². The molecule has 1 amide bonds. The fraction of sp³-hybridized carbons (Fsp3) is 0.529. The average Bonchev–Trinajstić information content (AvgIpc) is 2.95. The van der Waals surface area contributed by atoms with Crippen LogP contribution in [0.3, 0.4) is 0 Å². The van der Waals surface area contributed by atoms with E-state index in [1.165, 1.54) is 5.56 Å². The van der Waals surface area contributed by atoms with Crippen molar-refractivity contribution in [3.05, 3.63) is 35.9 Å². The summed E-state index contributed by atoms with van der Waals surface area (Å²) in [6.45, 7) is 0.624. The topological polar surface area (TPSA) is 57.6 Å². The summed E-state index contributed by atoms with van der Waals surface area (Å²) in [6.07, 6.45) is 4.00. The quantitative estimate of drug-likeness (QED) is 0.876. The van der Waals surface area contributed by atoms with Gasteiger partial charge in [-0.25, -0.2) is 0 Å². The van der Waals surface area contributed by atoms with Gasteiger partial charge in [-0.05, 0) is 24.8 Å². The van der Waals surface area contributed by atoms with E-state index in [0.717, 1.165) is 19.3 Å². The lowest BCUT2D eigenvalue weighted by Gasteiger charge is -2.26. The lowest BCUT2D eigenvalue weighted by molar-refractivity contribution is -0.153. The molecule has 1 aliphatic carbocycles. The number of nitrogens with zero attached hydrogens (tertiary/aromatic N) is 1. The molecule has 4 heteroatoms. The first-order valence-corrected chi connectivity index (χ1v) is 7.55. The van der Waals surface area contributed by atoms with E-state index in [9.17, 15) is 14.7 Å². The minimum absolute atomic E-state index is 0.0600. The first kappa shape index (κ1) is 15.5. The van der Waals surface area contributed by atoms with Gasteiger partial charge in [0.05, 0.1) is 5.41 Å². The van der Waals surface area contributed by atoms with Crippen LogP contribution >= 0.6 is 0 Å². The number of rotatable bonds is 6. The Morgan fingerprint density at radius 2 is 1.81 bits per heavy atom. The Hall–Kier alpha value is -1.84.